The molecule has 0 atom stereocenters. The number of allylic oxidation sites excluding steroid dienone is 1. The molecule has 0 amide bonds. The molecule has 0 nitrogen and oxygen atoms in total. The lowest BCUT2D eigenvalue weighted by Crippen LogP contribution is -2.06. The van der Waals surface area contributed by atoms with Gasteiger partial charge in [-0.3, -0.25) is 0 Å². The molecule has 1 aromatic carbocycles. The van der Waals surface area contributed by atoms with E-state index < -0.39 is 0 Å². The van der Waals surface area contributed by atoms with Crippen molar-refractivity contribution < 1.29 is 0 Å². The summed E-state index contributed by atoms with van der Waals surface area (Å²) in [5.41, 5.74) is 5.78. The van der Waals surface area contributed by atoms with Gasteiger partial charge in [-0.1, -0.05) is 41.5 Å². The number of hydrogen-bond acceptors (Lipinski definition) is 0. The molecule has 0 N–H and O–H groups in total. The standard InChI is InChI=1S/C15H20/c1-11-4-6-14(7-5-11)15-9-12(2)8-13(3)10-15/h8-10,14H,1,4-7H2,2-3H3. The fourth-order valence-corrected chi connectivity index (χ4v) is 2.60. The molecule has 1 aliphatic carbocycles. The zero-order valence-corrected chi connectivity index (χ0v) is 9.84. The van der Waals surface area contributed by atoms with Crippen molar-refractivity contribution in [2.75, 3.05) is 0 Å². The van der Waals surface area contributed by atoms with E-state index in [4.69, 9.17) is 0 Å². The van der Waals surface area contributed by atoms with Gasteiger partial charge in [-0.2, -0.15) is 0 Å². The van der Waals surface area contributed by atoms with Gasteiger partial charge >= 0.3 is 0 Å². The van der Waals surface area contributed by atoms with E-state index in [0.29, 0.717) is 0 Å². The van der Waals surface area contributed by atoms with E-state index in [1.54, 1.807) is 5.56 Å². The number of aryl methyl sites for hydroxylation is 2. The molecule has 1 fully saturated rings. The minimum absolute atomic E-state index is 0.772. The van der Waals surface area contributed by atoms with Gasteiger partial charge in [0.05, 0.1) is 0 Å². The van der Waals surface area contributed by atoms with Crippen molar-refractivity contribution in [2.24, 2.45) is 0 Å². The van der Waals surface area contributed by atoms with Crippen LogP contribution in [0.5, 0.6) is 0 Å². The molecule has 2 rings (SSSR count). The first-order chi connectivity index (χ1) is 7.15. The van der Waals surface area contributed by atoms with Crippen molar-refractivity contribution in [1.82, 2.24) is 0 Å². The van der Waals surface area contributed by atoms with Crippen LogP contribution in [0, 0.1) is 13.8 Å². The second-order valence-corrected chi connectivity index (χ2v) is 4.95. The van der Waals surface area contributed by atoms with Crippen LogP contribution in [-0.4, -0.2) is 0 Å². The van der Waals surface area contributed by atoms with Crippen molar-refractivity contribution in [3.8, 4) is 0 Å². The van der Waals surface area contributed by atoms with Crippen LogP contribution in [0.3, 0.4) is 0 Å². The largest absolute Gasteiger partial charge is 0.0999 e. The Morgan fingerprint density at radius 2 is 1.53 bits per heavy atom. The molecule has 0 aromatic heterocycles. The van der Waals surface area contributed by atoms with Gasteiger partial charge in [0, 0.05) is 0 Å². The molecule has 1 aromatic rings. The zero-order valence-electron chi connectivity index (χ0n) is 9.84. The fraction of sp³-hybridized carbons (Fsp3) is 0.467. The number of benzene rings is 1. The molecule has 80 valence electrons. The summed E-state index contributed by atoms with van der Waals surface area (Å²) in [4.78, 5) is 0. The zero-order chi connectivity index (χ0) is 10.8. The SMILES string of the molecule is C=C1CCC(c2cc(C)cc(C)c2)CC1. The highest BCUT2D eigenvalue weighted by Gasteiger charge is 2.17. The molecule has 0 heterocycles. The van der Waals surface area contributed by atoms with E-state index in [1.807, 2.05) is 0 Å². The van der Waals surface area contributed by atoms with Crippen molar-refractivity contribution in [3.05, 3.63) is 47.0 Å². The molecular weight excluding hydrogens is 180 g/mol. The molecule has 0 bridgehead atoms. The van der Waals surface area contributed by atoms with Crippen LogP contribution in [0.25, 0.3) is 0 Å². The Bertz CT molecular complexity index is 343. The summed E-state index contributed by atoms with van der Waals surface area (Å²) in [5, 5.41) is 0. The predicted molar refractivity (Wildman–Crippen MR) is 66.3 cm³/mol. The van der Waals surface area contributed by atoms with Crippen LogP contribution in [0.4, 0.5) is 0 Å². The van der Waals surface area contributed by atoms with Crippen LogP contribution in [0.15, 0.2) is 30.4 Å². The van der Waals surface area contributed by atoms with E-state index in [-0.39, 0.29) is 0 Å². The number of rotatable bonds is 1. The average molecular weight is 200 g/mol. The molecule has 0 heteroatoms. The first kappa shape index (κ1) is 10.5. The van der Waals surface area contributed by atoms with Crippen LogP contribution in [0.2, 0.25) is 0 Å². The third kappa shape index (κ3) is 2.50. The van der Waals surface area contributed by atoms with Gasteiger partial charge in [-0.25, -0.2) is 0 Å². The Hall–Kier alpha value is -1.04. The van der Waals surface area contributed by atoms with Crippen LogP contribution >= 0.6 is 0 Å². The Labute approximate surface area is 93.0 Å². The lowest BCUT2D eigenvalue weighted by molar-refractivity contribution is 0.517. The van der Waals surface area contributed by atoms with E-state index >= 15 is 0 Å². The van der Waals surface area contributed by atoms with Gasteiger partial charge in [0.15, 0.2) is 0 Å². The molecule has 15 heavy (non-hydrogen) atoms. The maximum atomic E-state index is 4.08. The average Bonchev–Trinajstić information content (AvgIpc) is 2.17. The molecule has 0 saturated heterocycles. The van der Waals surface area contributed by atoms with Crippen molar-refractivity contribution in [1.29, 1.82) is 0 Å². The van der Waals surface area contributed by atoms with E-state index in [1.165, 1.54) is 42.4 Å². The lowest BCUT2D eigenvalue weighted by atomic mass is 9.81. The Kier molecular flexibility index (Phi) is 2.95. The van der Waals surface area contributed by atoms with Gasteiger partial charge in [-0.15, -0.1) is 0 Å². The fourth-order valence-electron chi connectivity index (χ4n) is 2.60. The quantitative estimate of drug-likeness (QED) is 0.585. The van der Waals surface area contributed by atoms with E-state index in [9.17, 15) is 0 Å². The summed E-state index contributed by atoms with van der Waals surface area (Å²) < 4.78 is 0. The first-order valence-electron chi connectivity index (χ1n) is 5.90. The van der Waals surface area contributed by atoms with Crippen molar-refractivity contribution in [3.63, 3.8) is 0 Å². The third-order valence-electron chi connectivity index (χ3n) is 3.41. The van der Waals surface area contributed by atoms with Crippen molar-refractivity contribution >= 4 is 0 Å². The molecule has 0 radical (unpaired) electrons. The summed E-state index contributed by atoms with van der Waals surface area (Å²) >= 11 is 0. The highest BCUT2D eigenvalue weighted by molar-refractivity contribution is 5.31. The van der Waals surface area contributed by atoms with Crippen molar-refractivity contribution in [2.45, 2.75) is 45.4 Å². The summed E-state index contributed by atoms with van der Waals surface area (Å²) in [6, 6.07) is 6.96. The third-order valence-corrected chi connectivity index (χ3v) is 3.41. The monoisotopic (exact) mass is 200 g/mol. The minimum atomic E-state index is 0.772. The topological polar surface area (TPSA) is 0 Å². The van der Waals surface area contributed by atoms with Gasteiger partial charge in [0.1, 0.15) is 0 Å². The Balaban J connectivity index is 2.18. The smallest absolute Gasteiger partial charge is 0.0156 e. The maximum absolute atomic E-state index is 4.08. The Morgan fingerprint density at radius 1 is 1.00 bits per heavy atom. The normalized spacial score (nSPS) is 18.1. The second-order valence-electron chi connectivity index (χ2n) is 4.95. The summed E-state index contributed by atoms with van der Waals surface area (Å²) in [6.45, 7) is 8.46. The minimum Gasteiger partial charge on any atom is -0.0999 e. The van der Waals surface area contributed by atoms with Crippen LogP contribution in [-0.2, 0) is 0 Å². The highest BCUT2D eigenvalue weighted by Crippen LogP contribution is 2.35. The molecule has 0 unspecified atom stereocenters. The van der Waals surface area contributed by atoms with Crippen LogP contribution < -0.4 is 0 Å². The van der Waals surface area contributed by atoms with Crippen LogP contribution in [0.1, 0.15) is 48.3 Å². The predicted octanol–water partition coefficient (Wildman–Crippen LogP) is 4.52. The highest BCUT2D eigenvalue weighted by atomic mass is 14.2. The Morgan fingerprint density at radius 3 is 2.07 bits per heavy atom. The molecular formula is C15H20. The summed E-state index contributed by atoms with van der Waals surface area (Å²) in [5.74, 6) is 0.772. The molecule has 0 spiro atoms. The lowest BCUT2D eigenvalue weighted by Gasteiger charge is -2.24. The number of hydrogen-bond donors (Lipinski definition) is 0. The first-order valence-corrected chi connectivity index (χ1v) is 5.90. The van der Waals surface area contributed by atoms with Gasteiger partial charge in [-0.05, 0) is 51.0 Å². The van der Waals surface area contributed by atoms with E-state index in [0.717, 1.165) is 5.92 Å². The van der Waals surface area contributed by atoms with Gasteiger partial charge in [0.2, 0.25) is 0 Å². The maximum Gasteiger partial charge on any atom is -0.0156 e. The molecule has 1 saturated carbocycles. The van der Waals surface area contributed by atoms with E-state index in [2.05, 4.69) is 38.6 Å². The summed E-state index contributed by atoms with van der Waals surface area (Å²) in [7, 11) is 0. The molecule has 1 aliphatic rings. The molecule has 0 aliphatic heterocycles. The van der Waals surface area contributed by atoms with Gasteiger partial charge < -0.3 is 0 Å². The summed E-state index contributed by atoms with van der Waals surface area (Å²) in [6.07, 6.45) is 5.03. The second kappa shape index (κ2) is 4.22. The van der Waals surface area contributed by atoms with Gasteiger partial charge in [0.25, 0.3) is 0 Å².